The predicted molar refractivity (Wildman–Crippen MR) is 106 cm³/mol. The van der Waals surface area contributed by atoms with Crippen LogP contribution in [-0.2, 0) is 9.53 Å². The summed E-state index contributed by atoms with van der Waals surface area (Å²) < 4.78 is 15.7. The van der Waals surface area contributed by atoms with Gasteiger partial charge in [0.05, 0.1) is 51.7 Å². The maximum atomic E-state index is 12.6. The van der Waals surface area contributed by atoms with Crippen molar-refractivity contribution in [2.45, 2.75) is 6.04 Å². The number of carbonyl (C=O) groups is 2. The van der Waals surface area contributed by atoms with E-state index in [1.165, 1.54) is 12.0 Å². The van der Waals surface area contributed by atoms with Crippen LogP contribution in [-0.4, -0.2) is 64.5 Å². The van der Waals surface area contributed by atoms with Gasteiger partial charge in [-0.15, -0.1) is 0 Å². The highest BCUT2D eigenvalue weighted by molar-refractivity contribution is 7.99. The first-order valence-electron chi connectivity index (χ1n) is 9.09. The van der Waals surface area contributed by atoms with Crippen molar-refractivity contribution in [3.05, 3.63) is 35.0 Å². The lowest BCUT2D eigenvalue weighted by Crippen LogP contribution is -3.14. The molecule has 0 bridgehead atoms. The maximum absolute atomic E-state index is 12.6. The van der Waals surface area contributed by atoms with Crippen LogP contribution in [0.1, 0.15) is 11.6 Å². The van der Waals surface area contributed by atoms with Crippen LogP contribution in [0.15, 0.2) is 29.5 Å². The van der Waals surface area contributed by atoms with E-state index in [1.807, 2.05) is 17.8 Å². The molecule has 2 heterocycles. The van der Waals surface area contributed by atoms with Gasteiger partial charge in [0.15, 0.2) is 11.5 Å². The van der Waals surface area contributed by atoms with Crippen molar-refractivity contribution >= 4 is 23.8 Å². The monoisotopic (exact) mass is 408 g/mol. The molecular formula is C19H26N3O5S+. The Morgan fingerprint density at radius 1 is 1.18 bits per heavy atom. The van der Waals surface area contributed by atoms with E-state index in [1.54, 1.807) is 26.4 Å². The van der Waals surface area contributed by atoms with Crippen LogP contribution in [0.2, 0.25) is 0 Å². The van der Waals surface area contributed by atoms with Crippen molar-refractivity contribution in [2.75, 3.05) is 52.5 Å². The van der Waals surface area contributed by atoms with Crippen LogP contribution in [0.5, 0.6) is 11.5 Å². The number of esters is 1. The molecule has 0 radical (unpaired) electrons. The van der Waals surface area contributed by atoms with Crippen molar-refractivity contribution in [3.8, 4) is 11.5 Å². The Kier molecular flexibility index (Phi) is 6.69. The van der Waals surface area contributed by atoms with E-state index < -0.39 is 12.0 Å². The number of quaternary nitrogens is 1. The lowest BCUT2D eigenvalue weighted by atomic mass is 9.94. The molecule has 1 saturated heterocycles. The van der Waals surface area contributed by atoms with E-state index >= 15 is 0 Å². The summed E-state index contributed by atoms with van der Waals surface area (Å²) in [6.07, 6.45) is 0. The van der Waals surface area contributed by atoms with Crippen LogP contribution in [0.3, 0.4) is 0 Å². The summed E-state index contributed by atoms with van der Waals surface area (Å²) in [5, 5.41) is 5.66. The van der Waals surface area contributed by atoms with Gasteiger partial charge in [-0.05, 0) is 17.7 Å². The number of ether oxygens (including phenoxy) is 3. The van der Waals surface area contributed by atoms with Crippen molar-refractivity contribution in [2.24, 2.45) is 0 Å². The largest absolute Gasteiger partial charge is 0.493 e. The average molecular weight is 409 g/mol. The third kappa shape index (κ3) is 4.36. The summed E-state index contributed by atoms with van der Waals surface area (Å²) in [5.74, 6) is 2.78. The molecule has 1 aromatic rings. The molecule has 0 aromatic heterocycles. The number of rotatable bonds is 6. The summed E-state index contributed by atoms with van der Waals surface area (Å²) in [7, 11) is 4.45. The van der Waals surface area contributed by atoms with Crippen LogP contribution in [0.25, 0.3) is 0 Å². The minimum Gasteiger partial charge on any atom is -0.493 e. The molecule has 1 atom stereocenters. The zero-order valence-corrected chi connectivity index (χ0v) is 17.1. The number of hydrogen-bond donors (Lipinski definition) is 3. The minimum absolute atomic E-state index is 0.340. The second kappa shape index (κ2) is 9.20. The van der Waals surface area contributed by atoms with Gasteiger partial charge in [-0.2, -0.15) is 11.8 Å². The summed E-state index contributed by atoms with van der Waals surface area (Å²) in [4.78, 5) is 26.3. The van der Waals surface area contributed by atoms with Crippen LogP contribution < -0.4 is 25.0 Å². The standard InChI is InChI=1S/C19H25N3O5S/c1-25-14-5-4-12(10-15(14)26-2)17-16(18(23)27-3)13(20-19(24)21-17)11-22-6-8-28-9-7-22/h4-5,10,17H,6-9,11H2,1-3H3,(H2,20,21,24)/p+1/t17-/m0/s1. The quantitative estimate of drug-likeness (QED) is 0.579. The number of benzene rings is 1. The topological polar surface area (TPSA) is 90.3 Å². The van der Waals surface area contributed by atoms with E-state index in [9.17, 15) is 9.59 Å². The highest BCUT2D eigenvalue weighted by Gasteiger charge is 2.35. The molecule has 3 N–H and O–H groups in total. The number of nitrogens with one attached hydrogen (secondary N) is 3. The Hall–Kier alpha value is -2.39. The van der Waals surface area contributed by atoms with E-state index in [0.717, 1.165) is 30.2 Å². The fraction of sp³-hybridized carbons (Fsp3) is 0.474. The summed E-state index contributed by atoms with van der Waals surface area (Å²) in [6, 6.07) is 4.36. The Bertz CT molecular complexity index is 777. The second-order valence-corrected chi connectivity index (χ2v) is 7.79. The lowest BCUT2D eigenvalue weighted by Gasteiger charge is -2.31. The molecular weight excluding hydrogens is 382 g/mol. The van der Waals surface area contributed by atoms with E-state index in [2.05, 4.69) is 10.6 Å². The summed E-state index contributed by atoms with van der Waals surface area (Å²) in [6.45, 7) is 2.56. The molecule has 1 aromatic carbocycles. The van der Waals surface area contributed by atoms with E-state index in [4.69, 9.17) is 14.2 Å². The normalized spacial score (nSPS) is 20.2. The number of methoxy groups -OCH3 is 3. The molecule has 28 heavy (non-hydrogen) atoms. The molecule has 1 fully saturated rings. The summed E-state index contributed by atoms with van der Waals surface area (Å²) >= 11 is 1.92. The maximum Gasteiger partial charge on any atom is 0.338 e. The SMILES string of the molecule is COC(=O)C1=C(C[NH+]2CCSCC2)NC(=O)N[C@H]1c1ccc(OC)c(OC)c1. The first kappa shape index (κ1) is 20.3. The lowest BCUT2D eigenvalue weighted by molar-refractivity contribution is -0.891. The Morgan fingerprint density at radius 2 is 1.89 bits per heavy atom. The van der Waals surface area contributed by atoms with Gasteiger partial charge in [-0.3, -0.25) is 0 Å². The summed E-state index contributed by atoms with van der Waals surface area (Å²) in [5.41, 5.74) is 1.74. The Labute approximate surface area is 168 Å². The van der Waals surface area contributed by atoms with Crippen LogP contribution in [0, 0.1) is 0 Å². The first-order chi connectivity index (χ1) is 13.6. The average Bonchev–Trinajstić information content (AvgIpc) is 2.73. The fourth-order valence-electron chi connectivity index (χ4n) is 3.48. The molecule has 3 rings (SSSR count). The Morgan fingerprint density at radius 3 is 2.54 bits per heavy atom. The van der Waals surface area contributed by atoms with Gasteiger partial charge in [0, 0.05) is 11.5 Å². The second-order valence-electron chi connectivity index (χ2n) is 6.57. The van der Waals surface area contributed by atoms with Gasteiger partial charge in [0.25, 0.3) is 0 Å². The fourth-order valence-corrected chi connectivity index (χ4v) is 4.55. The van der Waals surface area contributed by atoms with Crippen molar-refractivity contribution in [1.82, 2.24) is 10.6 Å². The van der Waals surface area contributed by atoms with Gasteiger partial charge < -0.3 is 29.7 Å². The zero-order valence-electron chi connectivity index (χ0n) is 16.3. The molecule has 2 amide bonds. The molecule has 9 heteroatoms. The number of carbonyl (C=O) groups excluding carboxylic acids is 2. The number of hydrogen-bond acceptors (Lipinski definition) is 6. The van der Waals surface area contributed by atoms with Gasteiger partial charge in [0.2, 0.25) is 0 Å². The van der Waals surface area contributed by atoms with Crippen LogP contribution >= 0.6 is 11.8 Å². The van der Waals surface area contributed by atoms with Gasteiger partial charge in [0.1, 0.15) is 6.54 Å². The van der Waals surface area contributed by atoms with Gasteiger partial charge in [-0.25, -0.2) is 9.59 Å². The Balaban J connectivity index is 2.00. The molecule has 0 saturated carbocycles. The predicted octanol–water partition coefficient (Wildman–Crippen LogP) is 0.117. The molecule has 152 valence electrons. The minimum atomic E-state index is -0.630. The highest BCUT2D eigenvalue weighted by Crippen LogP contribution is 2.34. The number of thioether (sulfide) groups is 1. The van der Waals surface area contributed by atoms with Crippen LogP contribution in [0.4, 0.5) is 4.79 Å². The molecule has 2 aliphatic rings. The number of amides is 2. The smallest absolute Gasteiger partial charge is 0.338 e. The van der Waals surface area contributed by atoms with E-state index in [-0.39, 0.29) is 6.03 Å². The molecule has 0 aliphatic carbocycles. The molecule has 0 unspecified atom stereocenters. The van der Waals surface area contributed by atoms with Crippen molar-refractivity contribution < 1.29 is 28.7 Å². The highest BCUT2D eigenvalue weighted by atomic mass is 32.2. The third-order valence-corrected chi connectivity index (χ3v) is 5.91. The van der Waals surface area contributed by atoms with Gasteiger partial charge >= 0.3 is 12.0 Å². The molecule has 8 nitrogen and oxygen atoms in total. The third-order valence-electron chi connectivity index (χ3n) is 4.93. The molecule has 2 aliphatic heterocycles. The number of urea groups is 1. The first-order valence-corrected chi connectivity index (χ1v) is 10.2. The van der Waals surface area contributed by atoms with Crippen molar-refractivity contribution in [3.63, 3.8) is 0 Å². The van der Waals surface area contributed by atoms with Crippen molar-refractivity contribution in [1.29, 1.82) is 0 Å². The molecule has 0 spiro atoms. The zero-order chi connectivity index (χ0) is 20.1. The van der Waals surface area contributed by atoms with Gasteiger partial charge in [-0.1, -0.05) is 6.07 Å². The van der Waals surface area contributed by atoms with E-state index in [0.29, 0.717) is 29.3 Å².